The van der Waals surface area contributed by atoms with E-state index in [4.69, 9.17) is 9.72 Å². The van der Waals surface area contributed by atoms with Gasteiger partial charge in [-0.15, -0.1) is 5.10 Å². The fourth-order valence-corrected chi connectivity index (χ4v) is 5.73. The summed E-state index contributed by atoms with van der Waals surface area (Å²) in [5, 5.41) is 20.3. The van der Waals surface area contributed by atoms with Gasteiger partial charge >= 0.3 is 0 Å². The summed E-state index contributed by atoms with van der Waals surface area (Å²) in [5.41, 5.74) is 6.55. The molecule has 190 valence electrons. The predicted octanol–water partition coefficient (Wildman–Crippen LogP) is 4.93. The van der Waals surface area contributed by atoms with Gasteiger partial charge in [-0.2, -0.15) is 0 Å². The maximum Gasteiger partial charge on any atom is 0.101 e. The third-order valence-corrected chi connectivity index (χ3v) is 7.55. The van der Waals surface area contributed by atoms with Crippen LogP contribution in [0.25, 0.3) is 33.2 Å². The van der Waals surface area contributed by atoms with Gasteiger partial charge < -0.3 is 14.4 Å². The van der Waals surface area contributed by atoms with Crippen molar-refractivity contribution in [2.45, 2.75) is 45.3 Å². The molecule has 1 aliphatic heterocycles. The van der Waals surface area contributed by atoms with Gasteiger partial charge in [-0.1, -0.05) is 35.5 Å². The Morgan fingerprint density at radius 2 is 1.78 bits per heavy atom. The SMILES string of the molecule is Cc1nnn(C)c1-c1cnc2c3cnc(C(C)(C)O)cc3n([C@H](c3ccccc3)C3CCOCC3)c2c1. The van der Waals surface area contributed by atoms with Gasteiger partial charge in [0.15, 0.2) is 0 Å². The zero-order valence-electron chi connectivity index (χ0n) is 21.7. The third-order valence-electron chi connectivity index (χ3n) is 7.55. The lowest BCUT2D eigenvalue weighted by Gasteiger charge is -2.33. The average molecular weight is 497 g/mol. The van der Waals surface area contributed by atoms with Crippen LogP contribution in [0.4, 0.5) is 0 Å². The lowest BCUT2D eigenvalue weighted by atomic mass is 9.86. The van der Waals surface area contributed by atoms with Crippen molar-refractivity contribution >= 4 is 21.9 Å². The number of nitrogens with zero attached hydrogens (tertiary/aromatic N) is 6. The molecule has 1 atom stereocenters. The topological polar surface area (TPSA) is 90.9 Å². The minimum absolute atomic E-state index is 0.0740. The Bertz CT molecular complexity index is 1560. The van der Waals surface area contributed by atoms with Crippen molar-refractivity contribution in [1.82, 2.24) is 29.5 Å². The molecule has 0 aliphatic carbocycles. The number of hydrogen-bond acceptors (Lipinski definition) is 6. The fourth-order valence-electron chi connectivity index (χ4n) is 5.73. The van der Waals surface area contributed by atoms with Crippen LogP contribution in [-0.2, 0) is 17.4 Å². The van der Waals surface area contributed by atoms with Gasteiger partial charge in [0, 0.05) is 43.6 Å². The first-order chi connectivity index (χ1) is 17.8. The molecule has 5 aromatic rings. The Morgan fingerprint density at radius 3 is 2.46 bits per heavy atom. The highest BCUT2D eigenvalue weighted by Crippen LogP contribution is 2.41. The summed E-state index contributed by atoms with van der Waals surface area (Å²) in [6, 6.07) is 15.0. The minimum Gasteiger partial charge on any atom is -0.384 e. The maximum absolute atomic E-state index is 10.8. The molecule has 4 aromatic heterocycles. The molecule has 0 amide bonds. The summed E-state index contributed by atoms with van der Waals surface area (Å²) in [6.07, 6.45) is 5.70. The van der Waals surface area contributed by atoms with Gasteiger partial charge in [-0.3, -0.25) is 9.97 Å². The van der Waals surface area contributed by atoms with Crippen LogP contribution in [0.15, 0.2) is 54.9 Å². The normalized spacial score (nSPS) is 16.0. The van der Waals surface area contributed by atoms with E-state index in [1.807, 2.05) is 32.4 Å². The van der Waals surface area contributed by atoms with Gasteiger partial charge in [-0.25, -0.2) is 4.68 Å². The van der Waals surface area contributed by atoms with Crippen LogP contribution in [0.2, 0.25) is 0 Å². The molecule has 5 heterocycles. The van der Waals surface area contributed by atoms with E-state index >= 15 is 0 Å². The van der Waals surface area contributed by atoms with Crippen molar-refractivity contribution in [3.05, 3.63) is 71.8 Å². The van der Waals surface area contributed by atoms with Gasteiger partial charge in [0.2, 0.25) is 0 Å². The van der Waals surface area contributed by atoms with Crippen LogP contribution in [0, 0.1) is 12.8 Å². The number of aryl methyl sites for hydroxylation is 2. The second-order valence-electron chi connectivity index (χ2n) is 10.6. The second kappa shape index (κ2) is 9.04. The summed E-state index contributed by atoms with van der Waals surface area (Å²) in [7, 11) is 1.91. The first-order valence-electron chi connectivity index (χ1n) is 12.8. The van der Waals surface area contributed by atoms with Crippen molar-refractivity contribution in [3.63, 3.8) is 0 Å². The number of benzene rings is 1. The summed E-state index contributed by atoms with van der Waals surface area (Å²) >= 11 is 0. The minimum atomic E-state index is -1.06. The summed E-state index contributed by atoms with van der Waals surface area (Å²) in [6.45, 7) is 7.03. The Balaban J connectivity index is 1.69. The Kier molecular flexibility index (Phi) is 5.81. The lowest BCUT2D eigenvalue weighted by molar-refractivity contribution is 0.0552. The molecule has 37 heavy (non-hydrogen) atoms. The maximum atomic E-state index is 10.8. The highest BCUT2D eigenvalue weighted by atomic mass is 16.5. The molecule has 0 spiro atoms. The third kappa shape index (κ3) is 4.10. The molecular formula is C29H32N6O2. The number of ether oxygens (including phenoxy) is 1. The molecule has 1 fully saturated rings. The van der Waals surface area contributed by atoms with Crippen molar-refractivity contribution in [1.29, 1.82) is 0 Å². The first-order valence-corrected chi connectivity index (χ1v) is 12.8. The van der Waals surface area contributed by atoms with E-state index in [-0.39, 0.29) is 6.04 Å². The standard InChI is InChI=1S/C29H32N6O2/c1-18-27(34(4)33-32-18)21-14-24-26(31-16-21)22-17-30-25(29(2,3)36)15-23(22)35(24)28(19-8-6-5-7-9-19)20-10-12-37-13-11-20/h5-9,14-17,20,28,36H,10-13H2,1-4H3/t28-/m1/s1. The largest absolute Gasteiger partial charge is 0.384 e. The van der Waals surface area contributed by atoms with E-state index in [9.17, 15) is 5.11 Å². The summed E-state index contributed by atoms with van der Waals surface area (Å²) < 4.78 is 9.97. The van der Waals surface area contributed by atoms with E-state index in [1.165, 1.54) is 5.56 Å². The molecule has 1 N–H and O–H groups in total. The van der Waals surface area contributed by atoms with Crippen LogP contribution in [0.5, 0.6) is 0 Å². The highest BCUT2D eigenvalue weighted by Gasteiger charge is 2.31. The number of aromatic nitrogens is 6. The number of fused-ring (bicyclic) bond motifs is 3. The zero-order chi connectivity index (χ0) is 25.7. The molecule has 1 aromatic carbocycles. The fraction of sp³-hybridized carbons (Fsp3) is 0.379. The molecule has 1 saturated heterocycles. The molecule has 0 saturated carbocycles. The summed E-state index contributed by atoms with van der Waals surface area (Å²) in [5.74, 6) is 0.387. The lowest BCUT2D eigenvalue weighted by Crippen LogP contribution is -2.27. The van der Waals surface area contributed by atoms with Gasteiger partial charge in [-0.05, 0) is 57.2 Å². The van der Waals surface area contributed by atoms with E-state index in [2.05, 4.69) is 56.3 Å². The Labute approximate surface area is 215 Å². The van der Waals surface area contributed by atoms with Crippen LogP contribution < -0.4 is 0 Å². The van der Waals surface area contributed by atoms with E-state index in [0.29, 0.717) is 11.6 Å². The smallest absolute Gasteiger partial charge is 0.101 e. The van der Waals surface area contributed by atoms with Crippen molar-refractivity contribution < 1.29 is 9.84 Å². The molecular weight excluding hydrogens is 464 g/mol. The predicted molar refractivity (Wildman–Crippen MR) is 143 cm³/mol. The monoisotopic (exact) mass is 496 g/mol. The van der Waals surface area contributed by atoms with Crippen LogP contribution in [0.1, 0.15) is 49.7 Å². The average Bonchev–Trinajstić information content (AvgIpc) is 3.40. The van der Waals surface area contributed by atoms with E-state index < -0.39 is 5.60 Å². The first kappa shape index (κ1) is 23.8. The Hall–Kier alpha value is -3.62. The molecule has 0 radical (unpaired) electrons. The molecule has 0 unspecified atom stereocenters. The Morgan fingerprint density at radius 1 is 1.03 bits per heavy atom. The molecule has 8 heteroatoms. The second-order valence-corrected chi connectivity index (χ2v) is 10.6. The number of pyridine rings is 2. The molecule has 1 aliphatic rings. The van der Waals surface area contributed by atoms with Gasteiger partial charge in [0.25, 0.3) is 0 Å². The zero-order valence-corrected chi connectivity index (χ0v) is 21.7. The van der Waals surface area contributed by atoms with Gasteiger partial charge in [0.05, 0.1) is 39.7 Å². The van der Waals surface area contributed by atoms with E-state index in [0.717, 1.165) is 64.9 Å². The van der Waals surface area contributed by atoms with Crippen LogP contribution in [0.3, 0.4) is 0 Å². The van der Waals surface area contributed by atoms with Crippen molar-refractivity contribution in [3.8, 4) is 11.3 Å². The quantitative estimate of drug-likeness (QED) is 0.371. The van der Waals surface area contributed by atoms with E-state index in [1.54, 1.807) is 18.5 Å². The molecule has 6 rings (SSSR count). The molecule has 0 bridgehead atoms. The van der Waals surface area contributed by atoms with Crippen molar-refractivity contribution in [2.75, 3.05) is 13.2 Å². The van der Waals surface area contributed by atoms with Crippen LogP contribution >= 0.6 is 0 Å². The van der Waals surface area contributed by atoms with Gasteiger partial charge in [0.1, 0.15) is 5.60 Å². The van der Waals surface area contributed by atoms with Crippen molar-refractivity contribution in [2.24, 2.45) is 13.0 Å². The summed E-state index contributed by atoms with van der Waals surface area (Å²) in [4.78, 5) is 9.60. The number of rotatable bonds is 5. The highest BCUT2D eigenvalue weighted by molar-refractivity contribution is 6.06. The molecule has 8 nitrogen and oxygen atoms in total. The number of hydrogen-bond donors (Lipinski definition) is 1. The van der Waals surface area contributed by atoms with Crippen LogP contribution in [-0.4, -0.2) is 47.8 Å². The number of aliphatic hydroxyl groups is 1.